The third-order valence-corrected chi connectivity index (χ3v) is 2.86. The van der Waals surface area contributed by atoms with Crippen molar-refractivity contribution in [3.63, 3.8) is 0 Å². The second kappa shape index (κ2) is 4.88. The molecular weight excluding hydrogens is 244 g/mol. The monoisotopic (exact) mass is 251 g/mol. The van der Waals surface area contributed by atoms with E-state index in [1.54, 1.807) is 4.72 Å². The number of hydrogen-bond acceptors (Lipinski definition) is 4. The summed E-state index contributed by atoms with van der Waals surface area (Å²) < 4.78 is 51.6. The average Bonchev–Trinajstić information content (AvgIpc) is 2.17. The summed E-state index contributed by atoms with van der Waals surface area (Å²) >= 11 is 0. The predicted octanol–water partition coefficient (Wildman–Crippen LogP) is 0.723. The Kier molecular flexibility index (Phi) is 3.78. The number of ether oxygens (including phenoxy) is 1. The van der Waals surface area contributed by atoms with E-state index in [9.17, 15) is 22.0 Å². The SMILES string of the molecule is O=CNS(=O)(=O)c1ccc(OC(F)F)cc1. The van der Waals surface area contributed by atoms with Gasteiger partial charge in [-0.3, -0.25) is 9.52 Å². The van der Waals surface area contributed by atoms with Gasteiger partial charge in [-0.25, -0.2) is 8.42 Å². The van der Waals surface area contributed by atoms with Crippen molar-refractivity contribution in [1.29, 1.82) is 0 Å². The molecule has 0 atom stereocenters. The van der Waals surface area contributed by atoms with Crippen molar-refractivity contribution in [2.75, 3.05) is 0 Å². The van der Waals surface area contributed by atoms with Crippen molar-refractivity contribution in [1.82, 2.24) is 4.72 Å². The van der Waals surface area contributed by atoms with Crippen LogP contribution < -0.4 is 9.46 Å². The molecule has 1 amide bonds. The molecule has 0 aliphatic carbocycles. The van der Waals surface area contributed by atoms with Crippen LogP contribution in [0.1, 0.15) is 0 Å². The van der Waals surface area contributed by atoms with Crippen LogP contribution in [0, 0.1) is 0 Å². The standard InChI is InChI=1S/C8H7F2NO4S/c9-8(10)15-6-1-3-7(4-2-6)16(13,14)11-5-12/h1-5,8H,(H,11,12). The lowest BCUT2D eigenvalue weighted by atomic mass is 10.3. The third-order valence-electron chi connectivity index (χ3n) is 1.56. The maximum Gasteiger partial charge on any atom is 0.387 e. The molecule has 8 heteroatoms. The van der Waals surface area contributed by atoms with Gasteiger partial charge in [-0.1, -0.05) is 0 Å². The van der Waals surface area contributed by atoms with Gasteiger partial charge < -0.3 is 4.74 Å². The van der Waals surface area contributed by atoms with Crippen LogP contribution in [0.2, 0.25) is 0 Å². The molecule has 0 aliphatic rings. The van der Waals surface area contributed by atoms with E-state index in [4.69, 9.17) is 0 Å². The molecule has 0 bridgehead atoms. The van der Waals surface area contributed by atoms with Crippen molar-refractivity contribution < 1.29 is 26.7 Å². The zero-order valence-corrected chi connectivity index (χ0v) is 8.58. The Balaban J connectivity index is 2.90. The van der Waals surface area contributed by atoms with Crippen LogP contribution in [-0.2, 0) is 14.8 Å². The molecule has 0 aliphatic heterocycles. The Morgan fingerprint density at radius 3 is 2.25 bits per heavy atom. The molecule has 1 rings (SSSR count). The van der Waals surface area contributed by atoms with E-state index in [1.165, 1.54) is 0 Å². The van der Waals surface area contributed by atoms with Gasteiger partial charge in [-0.15, -0.1) is 0 Å². The van der Waals surface area contributed by atoms with Crippen LogP contribution in [0.5, 0.6) is 5.75 Å². The molecule has 0 unspecified atom stereocenters. The second-order valence-corrected chi connectivity index (χ2v) is 4.30. The molecule has 0 saturated carbocycles. The quantitative estimate of drug-likeness (QED) is 0.783. The number of carbonyl (C=O) groups is 1. The van der Waals surface area contributed by atoms with Crippen LogP contribution in [0.3, 0.4) is 0 Å². The fourth-order valence-electron chi connectivity index (χ4n) is 0.932. The maximum absolute atomic E-state index is 11.8. The number of halogens is 2. The zero-order chi connectivity index (χ0) is 12.2. The molecule has 1 aromatic carbocycles. The van der Waals surface area contributed by atoms with Crippen LogP contribution in [0.4, 0.5) is 8.78 Å². The molecule has 5 nitrogen and oxygen atoms in total. The lowest BCUT2D eigenvalue weighted by molar-refractivity contribution is -0.108. The Hall–Kier alpha value is -1.70. The minimum Gasteiger partial charge on any atom is -0.435 e. The van der Waals surface area contributed by atoms with Gasteiger partial charge >= 0.3 is 6.61 Å². The Morgan fingerprint density at radius 1 is 1.25 bits per heavy atom. The summed E-state index contributed by atoms with van der Waals surface area (Å²) in [5, 5.41) is 0. The van der Waals surface area contributed by atoms with Crippen molar-refractivity contribution in [3.05, 3.63) is 24.3 Å². The van der Waals surface area contributed by atoms with Gasteiger partial charge in [0.15, 0.2) is 0 Å². The smallest absolute Gasteiger partial charge is 0.387 e. The maximum atomic E-state index is 11.8. The van der Waals surface area contributed by atoms with Crippen molar-refractivity contribution in [2.45, 2.75) is 11.5 Å². The first-order valence-electron chi connectivity index (χ1n) is 3.96. The van der Waals surface area contributed by atoms with Crippen LogP contribution in [-0.4, -0.2) is 21.4 Å². The summed E-state index contributed by atoms with van der Waals surface area (Å²) in [5.41, 5.74) is 0. The Bertz CT molecular complexity index is 457. The highest BCUT2D eigenvalue weighted by molar-refractivity contribution is 7.90. The number of rotatable bonds is 5. The van der Waals surface area contributed by atoms with E-state index in [1.807, 2.05) is 0 Å². The van der Waals surface area contributed by atoms with Crippen LogP contribution in [0.25, 0.3) is 0 Å². The normalized spacial score (nSPS) is 11.2. The fraction of sp³-hybridized carbons (Fsp3) is 0.125. The first-order chi connectivity index (χ1) is 7.45. The summed E-state index contributed by atoms with van der Waals surface area (Å²) in [4.78, 5) is 9.77. The molecule has 16 heavy (non-hydrogen) atoms. The third kappa shape index (κ3) is 3.16. The van der Waals surface area contributed by atoms with Crippen molar-refractivity contribution in [3.8, 4) is 5.75 Å². The van der Waals surface area contributed by atoms with Crippen LogP contribution >= 0.6 is 0 Å². The van der Waals surface area contributed by atoms with Gasteiger partial charge in [0, 0.05) is 0 Å². The molecule has 0 heterocycles. The number of carbonyl (C=O) groups excluding carboxylic acids is 1. The largest absolute Gasteiger partial charge is 0.435 e. The first kappa shape index (κ1) is 12.4. The molecule has 0 aromatic heterocycles. The van der Waals surface area contributed by atoms with Crippen LogP contribution in [0.15, 0.2) is 29.2 Å². The van der Waals surface area contributed by atoms with Gasteiger partial charge in [0.05, 0.1) is 4.90 Å². The highest BCUT2D eigenvalue weighted by Crippen LogP contribution is 2.17. The van der Waals surface area contributed by atoms with E-state index >= 15 is 0 Å². The van der Waals surface area contributed by atoms with E-state index in [0.717, 1.165) is 24.3 Å². The topological polar surface area (TPSA) is 72.5 Å². The minimum absolute atomic E-state index is 0.0128. The van der Waals surface area contributed by atoms with Crippen molar-refractivity contribution in [2.24, 2.45) is 0 Å². The van der Waals surface area contributed by atoms with E-state index in [2.05, 4.69) is 4.74 Å². The number of amides is 1. The highest BCUT2D eigenvalue weighted by Gasteiger charge is 2.13. The summed E-state index contributed by atoms with van der Waals surface area (Å²) in [5.74, 6) is -0.167. The molecular formula is C8H7F2NO4S. The van der Waals surface area contributed by atoms with Gasteiger partial charge in [0.25, 0.3) is 10.0 Å². The van der Waals surface area contributed by atoms with Gasteiger partial charge in [-0.2, -0.15) is 8.78 Å². The Morgan fingerprint density at radius 2 is 1.81 bits per heavy atom. The molecule has 0 spiro atoms. The van der Waals surface area contributed by atoms with Gasteiger partial charge in [-0.05, 0) is 24.3 Å². The number of alkyl halides is 2. The molecule has 88 valence electrons. The first-order valence-corrected chi connectivity index (χ1v) is 5.45. The summed E-state index contributed by atoms with van der Waals surface area (Å²) in [6.45, 7) is -2.98. The number of benzene rings is 1. The molecule has 0 fully saturated rings. The summed E-state index contributed by atoms with van der Waals surface area (Å²) in [6, 6.07) is 4.21. The summed E-state index contributed by atoms with van der Waals surface area (Å²) in [6.07, 6.45) is 0.0128. The minimum atomic E-state index is -3.92. The fourth-order valence-corrected chi connectivity index (χ4v) is 1.69. The van der Waals surface area contributed by atoms with Gasteiger partial charge in [0.1, 0.15) is 5.75 Å². The molecule has 1 aromatic rings. The van der Waals surface area contributed by atoms with E-state index in [0.29, 0.717) is 0 Å². The molecule has 1 N–H and O–H groups in total. The molecule has 0 radical (unpaired) electrons. The second-order valence-electron chi connectivity index (χ2n) is 2.59. The average molecular weight is 251 g/mol. The van der Waals surface area contributed by atoms with E-state index in [-0.39, 0.29) is 17.1 Å². The van der Waals surface area contributed by atoms with Gasteiger partial charge in [0.2, 0.25) is 6.41 Å². The highest BCUT2D eigenvalue weighted by atomic mass is 32.2. The number of hydrogen-bond donors (Lipinski definition) is 1. The lowest BCUT2D eigenvalue weighted by Crippen LogP contribution is -2.21. The van der Waals surface area contributed by atoms with Crippen molar-refractivity contribution >= 4 is 16.4 Å². The molecule has 0 saturated heterocycles. The number of nitrogens with one attached hydrogen (secondary N) is 1. The zero-order valence-electron chi connectivity index (χ0n) is 7.76. The lowest BCUT2D eigenvalue weighted by Gasteiger charge is -2.05. The number of sulfonamides is 1. The summed E-state index contributed by atoms with van der Waals surface area (Å²) in [7, 11) is -3.92. The Labute approximate surface area is 90.1 Å². The predicted molar refractivity (Wildman–Crippen MR) is 49.5 cm³/mol. The van der Waals surface area contributed by atoms with E-state index < -0.39 is 16.6 Å².